The smallest absolute Gasteiger partial charge is 0.120 e. The van der Waals surface area contributed by atoms with E-state index in [4.69, 9.17) is 10.5 Å². The van der Waals surface area contributed by atoms with Gasteiger partial charge in [0.2, 0.25) is 0 Å². The molecular weight excluding hydrogens is 254 g/mol. The zero-order valence-electron chi connectivity index (χ0n) is 9.29. The number of hydrogen-bond donors (Lipinski definition) is 1. The minimum atomic E-state index is 0.135. The highest BCUT2D eigenvalue weighted by Gasteiger charge is 2.07. The second-order valence-electron chi connectivity index (χ2n) is 3.68. The van der Waals surface area contributed by atoms with Gasteiger partial charge in [0.05, 0.1) is 0 Å². The molecular formula is C12H18BrNO. The van der Waals surface area contributed by atoms with Crippen LogP contribution in [0, 0.1) is 6.92 Å². The third kappa shape index (κ3) is 3.84. The van der Waals surface area contributed by atoms with Crippen molar-refractivity contribution in [1.29, 1.82) is 0 Å². The van der Waals surface area contributed by atoms with E-state index in [9.17, 15) is 0 Å². The topological polar surface area (TPSA) is 35.2 Å². The molecule has 0 heterocycles. The Bertz CT molecular complexity index is 314. The molecule has 0 bridgehead atoms. The maximum atomic E-state index is 5.79. The van der Waals surface area contributed by atoms with Gasteiger partial charge in [-0.05, 0) is 37.1 Å². The number of hydrogen-bond acceptors (Lipinski definition) is 2. The number of rotatable bonds is 5. The molecule has 1 unspecified atom stereocenters. The van der Waals surface area contributed by atoms with Crippen molar-refractivity contribution in [2.45, 2.75) is 32.8 Å². The fourth-order valence-corrected chi connectivity index (χ4v) is 1.68. The average molecular weight is 272 g/mol. The van der Waals surface area contributed by atoms with E-state index >= 15 is 0 Å². The molecule has 1 atom stereocenters. The second-order valence-corrected chi connectivity index (χ2v) is 4.53. The van der Waals surface area contributed by atoms with Crippen molar-refractivity contribution in [1.82, 2.24) is 0 Å². The Morgan fingerprint density at radius 3 is 2.73 bits per heavy atom. The Labute approximate surface area is 99.9 Å². The normalized spacial score (nSPS) is 12.5. The Balaban J connectivity index is 2.66. The molecule has 0 aliphatic heterocycles. The third-order valence-corrected chi connectivity index (χ3v) is 3.20. The molecule has 0 aliphatic carbocycles. The van der Waals surface area contributed by atoms with Crippen molar-refractivity contribution in [2.75, 3.05) is 6.54 Å². The summed E-state index contributed by atoms with van der Waals surface area (Å²) in [6.45, 7) is 4.76. The number of benzene rings is 1. The van der Waals surface area contributed by atoms with Crippen LogP contribution in [0.15, 0.2) is 22.7 Å². The van der Waals surface area contributed by atoms with Crippen molar-refractivity contribution in [2.24, 2.45) is 5.73 Å². The summed E-state index contributed by atoms with van der Waals surface area (Å²) in [4.78, 5) is 0. The van der Waals surface area contributed by atoms with E-state index in [0.717, 1.165) is 23.1 Å². The van der Waals surface area contributed by atoms with Gasteiger partial charge >= 0.3 is 0 Å². The molecule has 1 aromatic carbocycles. The van der Waals surface area contributed by atoms with Crippen molar-refractivity contribution in [3.8, 4) is 5.75 Å². The van der Waals surface area contributed by atoms with Crippen LogP contribution in [-0.2, 0) is 0 Å². The van der Waals surface area contributed by atoms with Crippen LogP contribution >= 0.6 is 15.9 Å². The summed E-state index contributed by atoms with van der Waals surface area (Å²) in [6, 6.07) is 6.00. The van der Waals surface area contributed by atoms with Crippen LogP contribution in [0.1, 0.15) is 25.3 Å². The van der Waals surface area contributed by atoms with Gasteiger partial charge in [0, 0.05) is 11.0 Å². The molecule has 0 aliphatic rings. The minimum Gasteiger partial charge on any atom is -0.489 e. The molecule has 2 nitrogen and oxygen atoms in total. The molecule has 0 fully saturated rings. The summed E-state index contributed by atoms with van der Waals surface area (Å²) in [6.07, 6.45) is 2.23. The summed E-state index contributed by atoms with van der Waals surface area (Å²) in [5.41, 5.74) is 6.82. The lowest BCUT2D eigenvalue weighted by molar-refractivity contribution is 0.198. The van der Waals surface area contributed by atoms with Crippen LogP contribution in [0.3, 0.4) is 0 Å². The van der Waals surface area contributed by atoms with Crippen molar-refractivity contribution in [3.05, 3.63) is 28.2 Å². The lowest BCUT2D eigenvalue weighted by Crippen LogP contribution is -2.26. The fraction of sp³-hybridized carbons (Fsp3) is 0.500. The first-order valence-corrected chi connectivity index (χ1v) is 6.09. The standard InChI is InChI=1S/C12H18BrNO/c1-3-4-11(8-14)15-10-5-6-12(13)9(2)7-10/h5-7,11H,3-4,8,14H2,1-2H3. The number of ether oxygens (including phenoxy) is 1. The summed E-state index contributed by atoms with van der Waals surface area (Å²) >= 11 is 3.46. The van der Waals surface area contributed by atoms with Gasteiger partial charge in [-0.3, -0.25) is 0 Å². The van der Waals surface area contributed by atoms with Crippen molar-refractivity contribution in [3.63, 3.8) is 0 Å². The zero-order valence-corrected chi connectivity index (χ0v) is 10.9. The van der Waals surface area contributed by atoms with Crippen molar-refractivity contribution >= 4 is 15.9 Å². The van der Waals surface area contributed by atoms with Gasteiger partial charge in [-0.25, -0.2) is 0 Å². The summed E-state index contributed by atoms with van der Waals surface area (Å²) in [5, 5.41) is 0. The van der Waals surface area contributed by atoms with Crippen molar-refractivity contribution < 1.29 is 4.74 Å². The highest BCUT2D eigenvalue weighted by molar-refractivity contribution is 9.10. The Morgan fingerprint density at radius 1 is 1.47 bits per heavy atom. The molecule has 0 radical (unpaired) electrons. The van der Waals surface area contributed by atoms with Gasteiger partial charge in [-0.1, -0.05) is 29.3 Å². The maximum Gasteiger partial charge on any atom is 0.120 e. The third-order valence-electron chi connectivity index (χ3n) is 2.31. The quantitative estimate of drug-likeness (QED) is 0.892. The highest BCUT2D eigenvalue weighted by atomic mass is 79.9. The Morgan fingerprint density at radius 2 is 2.20 bits per heavy atom. The minimum absolute atomic E-state index is 0.135. The first-order valence-electron chi connectivity index (χ1n) is 5.30. The van der Waals surface area contributed by atoms with E-state index in [-0.39, 0.29) is 6.10 Å². The van der Waals surface area contributed by atoms with Gasteiger partial charge in [-0.2, -0.15) is 0 Å². The summed E-state index contributed by atoms with van der Waals surface area (Å²) in [7, 11) is 0. The van der Waals surface area contributed by atoms with E-state index in [0.29, 0.717) is 6.54 Å². The molecule has 84 valence electrons. The van der Waals surface area contributed by atoms with Crippen LogP contribution < -0.4 is 10.5 Å². The second kappa shape index (κ2) is 6.13. The molecule has 0 spiro atoms. The monoisotopic (exact) mass is 271 g/mol. The highest BCUT2D eigenvalue weighted by Crippen LogP contribution is 2.22. The van der Waals surface area contributed by atoms with Crippen LogP contribution in [0.25, 0.3) is 0 Å². The van der Waals surface area contributed by atoms with E-state index in [1.807, 2.05) is 25.1 Å². The summed E-state index contributed by atoms with van der Waals surface area (Å²) in [5.74, 6) is 0.902. The lowest BCUT2D eigenvalue weighted by atomic mass is 10.2. The molecule has 1 rings (SSSR count). The molecule has 3 heteroatoms. The lowest BCUT2D eigenvalue weighted by Gasteiger charge is -2.17. The van der Waals surface area contributed by atoms with E-state index in [1.54, 1.807) is 0 Å². The van der Waals surface area contributed by atoms with Gasteiger partial charge in [0.25, 0.3) is 0 Å². The SMILES string of the molecule is CCCC(CN)Oc1ccc(Br)c(C)c1. The van der Waals surface area contributed by atoms with E-state index in [1.165, 1.54) is 5.56 Å². The van der Waals surface area contributed by atoms with Crippen LogP contribution in [0.2, 0.25) is 0 Å². The molecule has 15 heavy (non-hydrogen) atoms. The van der Waals surface area contributed by atoms with Crippen LogP contribution in [-0.4, -0.2) is 12.6 Å². The first-order chi connectivity index (χ1) is 7.17. The molecule has 0 aromatic heterocycles. The molecule has 2 N–H and O–H groups in total. The molecule has 0 saturated heterocycles. The maximum absolute atomic E-state index is 5.79. The fourth-order valence-electron chi connectivity index (χ4n) is 1.43. The van der Waals surface area contributed by atoms with Gasteiger partial charge < -0.3 is 10.5 Å². The van der Waals surface area contributed by atoms with E-state index in [2.05, 4.69) is 22.9 Å². The van der Waals surface area contributed by atoms with E-state index < -0.39 is 0 Å². The first kappa shape index (κ1) is 12.5. The molecule has 0 saturated carbocycles. The van der Waals surface area contributed by atoms with Gasteiger partial charge in [0.15, 0.2) is 0 Å². The largest absolute Gasteiger partial charge is 0.489 e. The van der Waals surface area contributed by atoms with Gasteiger partial charge in [-0.15, -0.1) is 0 Å². The van der Waals surface area contributed by atoms with Crippen LogP contribution in [0.4, 0.5) is 0 Å². The van der Waals surface area contributed by atoms with Crippen LogP contribution in [0.5, 0.6) is 5.75 Å². The Hall–Kier alpha value is -0.540. The number of halogens is 1. The predicted octanol–water partition coefficient (Wildman–Crippen LogP) is 3.26. The van der Waals surface area contributed by atoms with Gasteiger partial charge in [0.1, 0.15) is 11.9 Å². The number of nitrogens with two attached hydrogens (primary N) is 1. The molecule has 0 amide bonds. The average Bonchev–Trinajstić information content (AvgIpc) is 2.23. The predicted molar refractivity (Wildman–Crippen MR) is 67.3 cm³/mol. The summed E-state index contributed by atoms with van der Waals surface area (Å²) < 4.78 is 6.90. The number of aryl methyl sites for hydroxylation is 1. The Kier molecular flexibility index (Phi) is 5.12. The molecule has 1 aromatic rings. The zero-order chi connectivity index (χ0) is 11.3.